The van der Waals surface area contributed by atoms with Crippen LogP contribution in [0.1, 0.15) is 68.3 Å². The summed E-state index contributed by atoms with van der Waals surface area (Å²) < 4.78 is 63.2. The number of ether oxygens (including phenoxy) is 1. The summed E-state index contributed by atoms with van der Waals surface area (Å²) in [6, 6.07) is 19.1. The number of alkyl carbamates (subject to hydrolysis) is 1. The first kappa shape index (κ1) is 42.0. The molecule has 3 saturated heterocycles. The first-order valence-corrected chi connectivity index (χ1v) is 22.0. The van der Waals surface area contributed by atoms with Crippen molar-refractivity contribution in [2.24, 2.45) is 11.8 Å². The van der Waals surface area contributed by atoms with E-state index in [2.05, 4.69) is 26.5 Å². The van der Waals surface area contributed by atoms with Gasteiger partial charge in [0.2, 0.25) is 9.84 Å². The molecule has 7 rings (SSSR count). The Hall–Kier alpha value is -4.11. The van der Waals surface area contributed by atoms with Crippen molar-refractivity contribution in [2.45, 2.75) is 84.9 Å². The second kappa shape index (κ2) is 16.9. The van der Waals surface area contributed by atoms with Crippen LogP contribution in [0.2, 0.25) is 0 Å². The molecule has 0 aromatic heterocycles. The highest BCUT2D eigenvalue weighted by Gasteiger charge is 2.54. The number of benzene rings is 3. The Morgan fingerprint density at radius 3 is 2.14 bits per heavy atom. The number of halogens is 2. The summed E-state index contributed by atoms with van der Waals surface area (Å²) in [5.74, 6) is -0.366. The van der Waals surface area contributed by atoms with Crippen LogP contribution in [-0.4, -0.2) is 119 Å². The summed E-state index contributed by atoms with van der Waals surface area (Å²) in [7, 11) is -2.48. The van der Waals surface area contributed by atoms with Crippen LogP contribution >= 0.6 is 0 Å². The summed E-state index contributed by atoms with van der Waals surface area (Å²) in [6.45, 7) is 8.12. The van der Waals surface area contributed by atoms with E-state index < -0.39 is 38.5 Å². The Balaban J connectivity index is 0.983. The lowest BCUT2D eigenvalue weighted by atomic mass is 9.57. The van der Waals surface area contributed by atoms with Crippen LogP contribution in [-0.2, 0) is 20.0 Å². The number of alkyl halides is 1. The van der Waals surface area contributed by atoms with Crippen LogP contribution in [0.3, 0.4) is 0 Å². The molecule has 0 bridgehead atoms. The minimum atomic E-state index is -3.86. The average Bonchev–Trinajstić information content (AvgIpc) is 3.64. The van der Waals surface area contributed by atoms with E-state index in [0.29, 0.717) is 19.6 Å². The van der Waals surface area contributed by atoms with Crippen molar-refractivity contribution in [3.8, 4) is 0 Å². The fourth-order valence-corrected chi connectivity index (χ4v) is 11.1. The number of rotatable bonds is 14. The zero-order chi connectivity index (χ0) is 41.3. The number of methoxy groups -OCH3 is 1. The molecule has 0 unspecified atom stereocenters. The molecule has 1 saturated carbocycles. The third-order valence-electron chi connectivity index (χ3n) is 12.9. The van der Waals surface area contributed by atoms with Crippen molar-refractivity contribution in [1.29, 1.82) is 0 Å². The summed E-state index contributed by atoms with van der Waals surface area (Å²) in [5.41, 5.74) is -0.888. The van der Waals surface area contributed by atoms with E-state index in [4.69, 9.17) is 4.74 Å². The summed E-state index contributed by atoms with van der Waals surface area (Å²) in [6.07, 6.45) is 5.09. The second-order valence-electron chi connectivity index (χ2n) is 17.5. The van der Waals surface area contributed by atoms with Crippen molar-refractivity contribution >= 4 is 27.5 Å². The highest BCUT2D eigenvalue weighted by molar-refractivity contribution is 7.91. The van der Waals surface area contributed by atoms with E-state index >= 15 is 8.78 Å². The van der Waals surface area contributed by atoms with Crippen molar-refractivity contribution in [1.82, 2.24) is 20.4 Å². The number of piperidine rings is 1. The maximum atomic E-state index is 16.3. The quantitative estimate of drug-likeness (QED) is 0.191. The van der Waals surface area contributed by atoms with E-state index in [0.717, 1.165) is 69.4 Å². The molecule has 3 N–H and O–H groups in total. The molecule has 2 amide bonds. The van der Waals surface area contributed by atoms with Gasteiger partial charge in [-0.2, -0.15) is 0 Å². The van der Waals surface area contributed by atoms with Gasteiger partial charge in [0.15, 0.2) is 5.67 Å². The van der Waals surface area contributed by atoms with Crippen LogP contribution in [0.15, 0.2) is 82.6 Å². The molecule has 1 aliphatic carbocycles. The Bertz CT molecular complexity index is 2030. The third-order valence-corrected chi connectivity index (χ3v) is 14.6. The second-order valence-corrected chi connectivity index (χ2v) is 19.5. The average molecular weight is 822 g/mol. The SMILES string of the molecule is COC(=O)N[C@H]1CCC[C@@H]1[C@](CN1CCC1)(c1cccc(F)c1)C1CCN(CC2(F)CN(c3ccc(S(=O)(=O)c4ccc(C(=O)NCC(C)(C)O)cc4)cc3)C2)CC1. The molecular formula is C44H57F2N5O6S. The van der Waals surface area contributed by atoms with Gasteiger partial charge in [-0.15, -0.1) is 0 Å². The number of hydrogen-bond donors (Lipinski definition) is 3. The first-order valence-electron chi connectivity index (χ1n) is 20.5. The zero-order valence-electron chi connectivity index (χ0n) is 33.8. The highest BCUT2D eigenvalue weighted by Crippen LogP contribution is 2.51. The lowest BCUT2D eigenvalue weighted by Gasteiger charge is -2.54. The molecule has 4 aliphatic rings. The number of amides is 2. The van der Waals surface area contributed by atoms with Gasteiger partial charge in [-0.05, 0) is 150 Å². The number of sulfone groups is 1. The predicted octanol–water partition coefficient (Wildman–Crippen LogP) is 5.57. The molecule has 0 radical (unpaired) electrons. The molecule has 4 fully saturated rings. The molecule has 3 heterocycles. The summed E-state index contributed by atoms with van der Waals surface area (Å²) in [4.78, 5) is 31.7. The van der Waals surface area contributed by atoms with E-state index in [1.54, 1.807) is 38.1 Å². The Morgan fingerprint density at radius 2 is 1.55 bits per heavy atom. The maximum Gasteiger partial charge on any atom is 0.407 e. The van der Waals surface area contributed by atoms with Gasteiger partial charge in [-0.1, -0.05) is 18.6 Å². The van der Waals surface area contributed by atoms with Gasteiger partial charge in [-0.3, -0.25) is 9.69 Å². The highest BCUT2D eigenvalue weighted by atomic mass is 32.2. The van der Waals surface area contributed by atoms with Crippen molar-refractivity contribution in [3.05, 3.63) is 89.7 Å². The van der Waals surface area contributed by atoms with Crippen LogP contribution in [0.4, 0.5) is 19.3 Å². The maximum absolute atomic E-state index is 16.3. The number of hydrogen-bond acceptors (Lipinski definition) is 9. The standard InChI is InChI=1S/C44H57F2N5O6S/c1-42(2,54)26-47-40(52)31-11-15-36(16-12-31)58(55,56)37-17-13-35(14-18-37)51-28-43(46,29-51)27-50-23-19-32(20-24-50)44(30-49-21-6-22-49,33-7-4-8-34(45)25-33)38-9-5-10-39(38)48-41(53)57-3/h4,7-8,11-18,25,32,38-39,54H,5-6,9-10,19-24,26-30H2,1-3H3,(H,47,52)(H,48,53)/t38-,39-,44-/m0/s1. The smallest absolute Gasteiger partial charge is 0.407 e. The molecule has 14 heteroatoms. The molecular weight excluding hydrogens is 765 g/mol. The van der Waals surface area contributed by atoms with E-state index in [1.807, 2.05) is 4.90 Å². The van der Waals surface area contributed by atoms with E-state index in [-0.39, 0.29) is 58.7 Å². The zero-order valence-corrected chi connectivity index (χ0v) is 34.6. The number of nitrogens with one attached hydrogen (secondary N) is 2. The largest absolute Gasteiger partial charge is 0.453 e. The lowest BCUT2D eigenvalue weighted by Crippen LogP contribution is -2.65. The molecule has 3 aromatic carbocycles. The Labute approximate surface area is 341 Å². The van der Waals surface area contributed by atoms with Crippen LogP contribution in [0.5, 0.6) is 0 Å². The Kier molecular flexibility index (Phi) is 12.2. The molecule has 314 valence electrons. The number of nitrogens with zero attached hydrogens (tertiary/aromatic N) is 3. The number of aliphatic hydroxyl groups is 1. The number of anilines is 1. The first-order chi connectivity index (χ1) is 27.6. The molecule has 58 heavy (non-hydrogen) atoms. The van der Waals surface area contributed by atoms with Gasteiger partial charge in [0.05, 0.1) is 35.6 Å². The monoisotopic (exact) mass is 821 g/mol. The van der Waals surface area contributed by atoms with Gasteiger partial charge >= 0.3 is 6.09 Å². The summed E-state index contributed by atoms with van der Waals surface area (Å²) >= 11 is 0. The molecule has 0 spiro atoms. The molecule has 11 nitrogen and oxygen atoms in total. The van der Waals surface area contributed by atoms with Gasteiger partial charge in [0.25, 0.3) is 5.91 Å². The van der Waals surface area contributed by atoms with Gasteiger partial charge in [0, 0.05) is 42.3 Å². The van der Waals surface area contributed by atoms with Crippen LogP contribution < -0.4 is 15.5 Å². The predicted molar refractivity (Wildman–Crippen MR) is 218 cm³/mol. The number of carbonyl (C=O) groups is 2. The minimum absolute atomic E-state index is 0.0458. The molecule has 3 aliphatic heterocycles. The van der Waals surface area contributed by atoms with E-state index in [1.165, 1.54) is 49.6 Å². The van der Waals surface area contributed by atoms with Crippen LogP contribution in [0.25, 0.3) is 0 Å². The van der Waals surface area contributed by atoms with Gasteiger partial charge < -0.3 is 30.3 Å². The van der Waals surface area contributed by atoms with Crippen molar-refractivity contribution in [2.75, 3.05) is 70.9 Å². The minimum Gasteiger partial charge on any atom is -0.453 e. The Morgan fingerprint density at radius 1 is 0.897 bits per heavy atom. The van der Waals surface area contributed by atoms with Crippen molar-refractivity contribution in [3.63, 3.8) is 0 Å². The van der Waals surface area contributed by atoms with Gasteiger partial charge in [-0.25, -0.2) is 22.0 Å². The molecule has 3 atom stereocenters. The third kappa shape index (κ3) is 9.05. The van der Waals surface area contributed by atoms with Crippen LogP contribution in [0, 0.1) is 17.7 Å². The number of carbonyl (C=O) groups excluding carboxylic acids is 2. The van der Waals surface area contributed by atoms with Gasteiger partial charge in [0.1, 0.15) is 5.82 Å². The fraction of sp³-hybridized carbons (Fsp3) is 0.545. The number of likely N-dealkylation sites (tertiary alicyclic amines) is 2. The lowest BCUT2D eigenvalue weighted by molar-refractivity contribution is 0.00584. The summed E-state index contributed by atoms with van der Waals surface area (Å²) in [5, 5.41) is 15.6. The normalized spacial score (nSPS) is 22.7. The van der Waals surface area contributed by atoms with E-state index in [9.17, 15) is 23.1 Å². The molecule has 3 aromatic rings. The topological polar surface area (TPSA) is 132 Å². The fourth-order valence-electron chi connectivity index (χ4n) is 9.82. The van der Waals surface area contributed by atoms with Crippen molar-refractivity contribution < 1.29 is 36.6 Å².